The molecule has 27 heavy (non-hydrogen) atoms. The quantitative estimate of drug-likeness (QED) is 0.412. The molecule has 7 heteroatoms. The number of allylic oxidation sites excluding steroid dienone is 1. The van der Waals surface area contributed by atoms with Crippen LogP contribution in [0, 0.1) is 5.82 Å². The number of halogens is 2. The zero-order chi connectivity index (χ0) is 19.8. The van der Waals surface area contributed by atoms with Gasteiger partial charge in [-0.05, 0) is 53.2 Å². The number of nitrogens with zero attached hydrogens (tertiary/aromatic N) is 3. The largest absolute Gasteiger partial charge is 0.348 e. The number of amides is 1. The number of pyridine rings is 1. The van der Waals surface area contributed by atoms with E-state index in [4.69, 9.17) is 0 Å². The van der Waals surface area contributed by atoms with E-state index in [-0.39, 0.29) is 11.7 Å². The summed E-state index contributed by atoms with van der Waals surface area (Å²) in [6.45, 7) is 5.91. The van der Waals surface area contributed by atoms with Crippen molar-refractivity contribution in [2.24, 2.45) is 0 Å². The number of carbonyl (C=O) groups is 1. The second kappa shape index (κ2) is 7.48. The number of fused-ring (bicyclic) bond motifs is 1. The summed E-state index contributed by atoms with van der Waals surface area (Å²) in [7, 11) is 3.42. The first kappa shape index (κ1) is 19.6. The van der Waals surface area contributed by atoms with Gasteiger partial charge >= 0.3 is 0 Å². The molecule has 2 heterocycles. The normalized spacial score (nSPS) is 14.6. The van der Waals surface area contributed by atoms with Crippen molar-refractivity contribution in [2.75, 3.05) is 14.1 Å². The molecule has 2 aromatic heterocycles. The summed E-state index contributed by atoms with van der Waals surface area (Å²) >= 11 is 4.72. The van der Waals surface area contributed by atoms with Gasteiger partial charge in [-0.2, -0.15) is 0 Å². The highest BCUT2D eigenvalue weighted by Gasteiger charge is 2.43. The van der Waals surface area contributed by atoms with E-state index < -0.39 is 11.3 Å². The van der Waals surface area contributed by atoms with E-state index in [9.17, 15) is 9.18 Å². The third-order valence-corrected chi connectivity index (χ3v) is 6.12. The molecule has 0 radical (unpaired) electrons. The van der Waals surface area contributed by atoms with Crippen LogP contribution in [0.3, 0.4) is 0 Å². The molecule has 2 atom stereocenters. The number of hydrogen-bond donors (Lipinski definition) is 0. The van der Waals surface area contributed by atoms with Gasteiger partial charge in [-0.25, -0.2) is 14.4 Å². The molecule has 4 nitrogen and oxygen atoms in total. The number of hydrogen-bond acceptors (Lipinski definition) is 4. The lowest BCUT2D eigenvalue weighted by Gasteiger charge is -2.34. The van der Waals surface area contributed by atoms with Gasteiger partial charge in [0.05, 0.1) is 15.9 Å². The molecule has 0 bridgehead atoms. The van der Waals surface area contributed by atoms with Gasteiger partial charge in [0.15, 0.2) is 0 Å². The topological polar surface area (TPSA) is 46.1 Å². The lowest BCUT2D eigenvalue weighted by Crippen LogP contribution is -2.40. The fraction of sp³-hybridized carbons (Fsp3) is 0.250. The average molecular weight is 448 g/mol. The molecular weight excluding hydrogens is 429 g/mol. The van der Waals surface area contributed by atoms with Crippen LogP contribution in [0.2, 0.25) is 0 Å². The van der Waals surface area contributed by atoms with Gasteiger partial charge in [-0.15, -0.1) is 17.9 Å². The number of carbonyl (C=O) groups excluding carboxylic acids is 1. The van der Waals surface area contributed by atoms with Crippen LogP contribution in [0.1, 0.15) is 23.5 Å². The molecule has 0 aliphatic carbocycles. The summed E-state index contributed by atoms with van der Waals surface area (Å²) < 4.78 is 15.0. The van der Waals surface area contributed by atoms with Crippen molar-refractivity contribution >= 4 is 43.4 Å². The van der Waals surface area contributed by atoms with Crippen LogP contribution in [-0.2, 0) is 10.2 Å². The van der Waals surface area contributed by atoms with Crippen molar-refractivity contribution in [3.05, 3.63) is 70.2 Å². The molecule has 0 fully saturated rings. The summed E-state index contributed by atoms with van der Waals surface area (Å²) in [6.07, 6.45) is 1.74. The van der Waals surface area contributed by atoms with Crippen LogP contribution in [0.4, 0.5) is 4.39 Å². The molecule has 0 aliphatic rings. The van der Waals surface area contributed by atoms with Crippen molar-refractivity contribution in [1.29, 1.82) is 0 Å². The zero-order valence-electron chi connectivity index (χ0n) is 15.2. The summed E-state index contributed by atoms with van der Waals surface area (Å²) in [5.41, 5.74) is 0.580. The van der Waals surface area contributed by atoms with Gasteiger partial charge < -0.3 is 4.90 Å². The Morgan fingerprint density at radius 1 is 1.33 bits per heavy atom. The molecule has 0 N–H and O–H groups in total. The highest BCUT2D eigenvalue weighted by molar-refractivity contribution is 9.10. The van der Waals surface area contributed by atoms with Gasteiger partial charge in [-0.3, -0.25) is 4.79 Å². The Morgan fingerprint density at radius 3 is 2.70 bits per heavy atom. The molecule has 3 rings (SSSR count). The standard InChI is InChI=1S/C20H19BrFN3OS/c1-5-20(2,15-7-6-8-16(21)24-15)17(19(26)25(3)4)18-23-13-10-9-12(22)11-14(13)27-18/h5-11,17H,1H2,2-4H3/t17-,20+/m1/s1. The van der Waals surface area contributed by atoms with Crippen molar-refractivity contribution < 1.29 is 9.18 Å². The van der Waals surface area contributed by atoms with E-state index in [1.807, 2.05) is 25.1 Å². The van der Waals surface area contributed by atoms with Crippen molar-refractivity contribution in [2.45, 2.75) is 18.3 Å². The fourth-order valence-electron chi connectivity index (χ4n) is 3.00. The minimum atomic E-state index is -0.794. The molecule has 1 amide bonds. The summed E-state index contributed by atoms with van der Waals surface area (Å²) in [6, 6.07) is 10.0. The van der Waals surface area contributed by atoms with E-state index in [2.05, 4.69) is 32.5 Å². The zero-order valence-corrected chi connectivity index (χ0v) is 17.6. The molecule has 1 aromatic carbocycles. The van der Waals surface area contributed by atoms with E-state index in [1.54, 1.807) is 26.2 Å². The van der Waals surface area contributed by atoms with Crippen LogP contribution in [0.15, 0.2) is 53.7 Å². The first-order valence-electron chi connectivity index (χ1n) is 8.30. The highest BCUT2D eigenvalue weighted by Crippen LogP contribution is 2.43. The predicted molar refractivity (Wildman–Crippen MR) is 110 cm³/mol. The Balaban J connectivity index is 2.22. The maximum Gasteiger partial charge on any atom is 0.233 e. The van der Waals surface area contributed by atoms with Gasteiger partial charge in [0.2, 0.25) is 5.91 Å². The van der Waals surface area contributed by atoms with Gasteiger partial charge in [-0.1, -0.05) is 12.1 Å². The summed E-state index contributed by atoms with van der Waals surface area (Å²) in [5.74, 6) is -1.07. The third-order valence-electron chi connectivity index (χ3n) is 4.59. The number of thiazole rings is 1. The van der Waals surface area contributed by atoms with E-state index in [0.29, 0.717) is 25.5 Å². The van der Waals surface area contributed by atoms with Crippen LogP contribution >= 0.6 is 27.3 Å². The summed E-state index contributed by atoms with van der Waals surface area (Å²) in [5, 5.41) is 0.610. The molecule has 3 aromatic rings. The molecule has 0 aliphatic heterocycles. The first-order valence-corrected chi connectivity index (χ1v) is 9.91. The smallest absolute Gasteiger partial charge is 0.233 e. The molecule has 0 spiro atoms. The molecule has 0 saturated heterocycles. The van der Waals surface area contributed by atoms with Crippen LogP contribution < -0.4 is 0 Å². The number of aromatic nitrogens is 2. The molecule has 0 saturated carbocycles. The maximum atomic E-state index is 13.6. The Morgan fingerprint density at radius 2 is 2.07 bits per heavy atom. The van der Waals surface area contributed by atoms with Crippen molar-refractivity contribution in [3.63, 3.8) is 0 Å². The lowest BCUT2D eigenvalue weighted by atomic mass is 9.73. The van der Waals surface area contributed by atoms with Gasteiger partial charge in [0.1, 0.15) is 21.3 Å². The first-order chi connectivity index (χ1) is 12.8. The number of rotatable bonds is 5. The maximum absolute atomic E-state index is 13.6. The predicted octanol–water partition coefficient (Wildman–Crippen LogP) is 4.91. The van der Waals surface area contributed by atoms with Crippen molar-refractivity contribution in [1.82, 2.24) is 14.9 Å². The Labute approximate surface area is 169 Å². The van der Waals surface area contributed by atoms with E-state index in [0.717, 1.165) is 0 Å². The second-order valence-electron chi connectivity index (χ2n) is 6.66. The van der Waals surface area contributed by atoms with Crippen LogP contribution in [-0.4, -0.2) is 34.9 Å². The minimum absolute atomic E-state index is 0.112. The highest BCUT2D eigenvalue weighted by atomic mass is 79.9. The summed E-state index contributed by atoms with van der Waals surface area (Å²) in [4.78, 5) is 23.9. The van der Waals surface area contributed by atoms with Crippen LogP contribution in [0.5, 0.6) is 0 Å². The molecule has 140 valence electrons. The number of likely N-dealkylation sites (N-methyl/N-ethyl adjacent to an activating group) is 1. The van der Waals surface area contributed by atoms with Crippen LogP contribution in [0.25, 0.3) is 10.2 Å². The second-order valence-corrected chi connectivity index (χ2v) is 8.54. The Bertz CT molecular complexity index is 1020. The van der Waals surface area contributed by atoms with Crippen molar-refractivity contribution in [3.8, 4) is 0 Å². The monoisotopic (exact) mass is 447 g/mol. The van der Waals surface area contributed by atoms with E-state index in [1.165, 1.54) is 28.4 Å². The SMILES string of the molecule is C=C[C@@](C)(c1cccc(Br)n1)[C@@H](C(=O)N(C)C)c1nc2ccc(F)cc2s1. The Kier molecular flexibility index (Phi) is 5.44. The van der Waals surface area contributed by atoms with Gasteiger partial charge in [0, 0.05) is 19.5 Å². The third kappa shape index (κ3) is 3.66. The Hall–Kier alpha value is -2.12. The minimum Gasteiger partial charge on any atom is -0.348 e. The molecule has 0 unspecified atom stereocenters. The molecular formula is C20H19BrFN3OS. The number of benzene rings is 1. The lowest BCUT2D eigenvalue weighted by molar-refractivity contribution is -0.131. The van der Waals surface area contributed by atoms with Gasteiger partial charge in [0.25, 0.3) is 0 Å². The fourth-order valence-corrected chi connectivity index (χ4v) is 4.56. The van der Waals surface area contributed by atoms with E-state index >= 15 is 0 Å². The average Bonchev–Trinajstić information content (AvgIpc) is 3.03.